The maximum Gasteiger partial charge on any atom is 0.117 e. The minimum absolute atomic E-state index is 0.695. The van der Waals surface area contributed by atoms with Gasteiger partial charge in [0.15, 0.2) is 0 Å². The van der Waals surface area contributed by atoms with E-state index in [1.54, 1.807) is 6.21 Å². The van der Waals surface area contributed by atoms with Crippen LogP contribution in [0.3, 0.4) is 0 Å². The number of hydrogen-bond acceptors (Lipinski definition) is 2. The van der Waals surface area contributed by atoms with E-state index in [9.17, 15) is 0 Å². The van der Waals surface area contributed by atoms with Crippen molar-refractivity contribution in [2.75, 3.05) is 6.61 Å². The molecule has 0 heterocycles. The highest BCUT2D eigenvalue weighted by Crippen LogP contribution is 2.09. The van der Waals surface area contributed by atoms with Crippen molar-refractivity contribution in [2.24, 2.45) is 5.16 Å². The fourth-order valence-corrected chi connectivity index (χ4v) is 1.36. The van der Waals surface area contributed by atoms with Crippen molar-refractivity contribution in [3.05, 3.63) is 34.3 Å². The van der Waals surface area contributed by atoms with Crippen LogP contribution in [0, 0.1) is 0 Å². The van der Waals surface area contributed by atoms with Gasteiger partial charge in [0.1, 0.15) is 6.61 Å². The van der Waals surface area contributed by atoms with Gasteiger partial charge in [-0.1, -0.05) is 46.6 Å². The monoisotopic (exact) mass is 255 g/mol. The molecule has 3 heteroatoms. The number of rotatable bonds is 5. The Balaban J connectivity index is 2.36. The second-order valence-electron chi connectivity index (χ2n) is 2.98. The van der Waals surface area contributed by atoms with Crippen LogP contribution in [0.1, 0.15) is 25.3 Å². The molecule has 0 fully saturated rings. The SMILES string of the molecule is CCCCON=Cc1cccc(Br)c1. The second kappa shape index (κ2) is 6.60. The van der Waals surface area contributed by atoms with Crippen molar-refractivity contribution in [3.8, 4) is 0 Å². The zero-order valence-corrected chi connectivity index (χ0v) is 9.83. The summed E-state index contributed by atoms with van der Waals surface area (Å²) in [6, 6.07) is 7.93. The standard InChI is InChI=1S/C11H14BrNO/c1-2-3-7-14-13-9-10-5-4-6-11(12)8-10/h4-6,8-9H,2-3,7H2,1H3. The van der Waals surface area contributed by atoms with Gasteiger partial charge in [0.25, 0.3) is 0 Å². The van der Waals surface area contributed by atoms with Gasteiger partial charge >= 0.3 is 0 Å². The lowest BCUT2D eigenvalue weighted by molar-refractivity contribution is 0.143. The number of oxime groups is 1. The van der Waals surface area contributed by atoms with Gasteiger partial charge in [-0.15, -0.1) is 0 Å². The summed E-state index contributed by atoms with van der Waals surface area (Å²) in [5, 5.41) is 3.87. The van der Waals surface area contributed by atoms with Crippen molar-refractivity contribution >= 4 is 22.1 Å². The van der Waals surface area contributed by atoms with Gasteiger partial charge in [0.05, 0.1) is 6.21 Å². The Kier molecular flexibility index (Phi) is 5.30. The van der Waals surface area contributed by atoms with E-state index in [0.717, 1.165) is 22.9 Å². The smallest absolute Gasteiger partial charge is 0.117 e. The second-order valence-corrected chi connectivity index (χ2v) is 3.89. The van der Waals surface area contributed by atoms with Crippen LogP contribution in [0.2, 0.25) is 0 Å². The third-order valence-electron chi connectivity index (χ3n) is 1.71. The molecule has 0 bridgehead atoms. The number of benzene rings is 1. The lowest BCUT2D eigenvalue weighted by Crippen LogP contribution is -1.88. The summed E-state index contributed by atoms with van der Waals surface area (Å²) in [5.74, 6) is 0. The van der Waals surface area contributed by atoms with Crippen LogP contribution in [0.4, 0.5) is 0 Å². The van der Waals surface area contributed by atoms with Crippen LogP contribution >= 0.6 is 15.9 Å². The van der Waals surface area contributed by atoms with Crippen LogP contribution in [0.5, 0.6) is 0 Å². The molecule has 14 heavy (non-hydrogen) atoms. The van der Waals surface area contributed by atoms with Crippen LogP contribution in [-0.2, 0) is 4.84 Å². The predicted octanol–water partition coefficient (Wildman–Crippen LogP) is 3.60. The molecule has 0 N–H and O–H groups in total. The number of hydrogen-bond donors (Lipinski definition) is 0. The van der Waals surface area contributed by atoms with E-state index >= 15 is 0 Å². The zero-order valence-electron chi connectivity index (χ0n) is 8.24. The lowest BCUT2D eigenvalue weighted by Gasteiger charge is -1.96. The summed E-state index contributed by atoms with van der Waals surface area (Å²) in [6.45, 7) is 2.82. The largest absolute Gasteiger partial charge is 0.396 e. The normalized spacial score (nSPS) is 10.7. The third kappa shape index (κ3) is 4.42. The highest BCUT2D eigenvalue weighted by Gasteiger charge is 1.89. The maximum atomic E-state index is 5.07. The van der Waals surface area contributed by atoms with E-state index in [2.05, 4.69) is 28.0 Å². The van der Waals surface area contributed by atoms with Crippen molar-refractivity contribution in [2.45, 2.75) is 19.8 Å². The molecule has 0 aliphatic carbocycles. The molecule has 1 rings (SSSR count). The molecule has 1 aromatic carbocycles. The molecular formula is C11H14BrNO. The molecule has 0 aliphatic heterocycles. The van der Waals surface area contributed by atoms with Gasteiger partial charge in [0.2, 0.25) is 0 Å². The number of nitrogens with zero attached hydrogens (tertiary/aromatic N) is 1. The molecule has 0 spiro atoms. The van der Waals surface area contributed by atoms with Gasteiger partial charge < -0.3 is 4.84 Å². The van der Waals surface area contributed by atoms with E-state index in [1.165, 1.54) is 0 Å². The number of halogens is 1. The van der Waals surface area contributed by atoms with Crippen LogP contribution in [0.15, 0.2) is 33.9 Å². The maximum absolute atomic E-state index is 5.07. The summed E-state index contributed by atoms with van der Waals surface area (Å²) in [7, 11) is 0. The van der Waals surface area contributed by atoms with E-state index in [-0.39, 0.29) is 0 Å². The minimum Gasteiger partial charge on any atom is -0.396 e. The lowest BCUT2D eigenvalue weighted by atomic mass is 10.2. The Bertz CT molecular complexity index is 299. The molecular weight excluding hydrogens is 242 g/mol. The van der Waals surface area contributed by atoms with E-state index in [0.29, 0.717) is 6.61 Å². The predicted molar refractivity (Wildman–Crippen MR) is 62.6 cm³/mol. The Hall–Kier alpha value is -0.830. The molecule has 0 atom stereocenters. The van der Waals surface area contributed by atoms with Crippen LogP contribution in [0.25, 0.3) is 0 Å². The van der Waals surface area contributed by atoms with Gasteiger partial charge in [-0.3, -0.25) is 0 Å². The summed E-state index contributed by atoms with van der Waals surface area (Å²) in [5.41, 5.74) is 1.04. The quantitative estimate of drug-likeness (QED) is 0.448. The van der Waals surface area contributed by atoms with E-state index in [1.807, 2.05) is 24.3 Å². The third-order valence-corrected chi connectivity index (χ3v) is 2.21. The molecule has 0 saturated carbocycles. The zero-order chi connectivity index (χ0) is 10.2. The fraction of sp³-hybridized carbons (Fsp3) is 0.364. The molecule has 76 valence electrons. The average Bonchev–Trinajstić information content (AvgIpc) is 2.18. The molecule has 2 nitrogen and oxygen atoms in total. The fourth-order valence-electron chi connectivity index (χ4n) is 0.947. The summed E-state index contributed by atoms with van der Waals surface area (Å²) < 4.78 is 1.05. The van der Waals surface area contributed by atoms with Crippen LogP contribution < -0.4 is 0 Å². The Morgan fingerprint density at radius 3 is 3.07 bits per heavy atom. The number of unbranched alkanes of at least 4 members (excludes halogenated alkanes) is 1. The molecule has 0 radical (unpaired) electrons. The Morgan fingerprint density at radius 1 is 1.50 bits per heavy atom. The first-order valence-corrected chi connectivity index (χ1v) is 5.53. The topological polar surface area (TPSA) is 21.6 Å². The van der Waals surface area contributed by atoms with Crippen molar-refractivity contribution in [1.82, 2.24) is 0 Å². The average molecular weight is 256 g/mol. The van der Waals surface area contributed by atoms with E-state index in [4.69, 9.17) is 4.84 Å². The summed E-state index contributed by atoms with van der Waals surface area (Å²) in [6.07, 6.45) is 3.91. The van der Waals surface area contributed by atoms with Gasteiger partial charge in [-0.2, -0.15) is 0 Å². The Morgan fingerprint density at radius 2 is 2.36 bits per heavy atom. The molecule has 1 aromatic rings. The first-order chi connectivity index (χ1) is 6.83. The summed E-state index contributed by atoms with van der Waals surface area (Å²) >= 11 is 3.39. The highest BCUT2D eigenvalue weighted by atomic mass is 79.9. The van der Waals surface area contributed by atoms with Crippen LogP contribution in [-0.4, -0.2) is 12.8 Å². The molecule has 0 saturated heterocycles. The van der Waals surface area contributed by atoms with Gasteiger partial charge in [-0.05, 0) is 24.1 Å². The first-order valence-electron chi connectivity index (χ1n) is 4.74. The minimum atomic E-state index is 0.695. The summed E-state index contributed by atoms with van der Waals surface area (Å²) in [4.78, 5) is 5.07. The van der Waals surface area contributed by atoms with E-state index < -0.39 is 0 Å². The van der Waals surface area contributed by atoms with Gasteiger partial charge in [-0.25, -0.2) is 0 Å². The van der Waals surface area contributed by atoms with Crippen molar-refractivity contribution in [3.63, 3.8) is 0 Å². The highest BCUT2D eigenvalue weighted by molar-refractivity contribution is 9.10. The van der Waals surface area contributed by atoms with Crippen molar-refractivity contribution < 1.29 is 4.84 Å². The first kappa shape index (κ1) is 11.2. The molecule has 0 aliphatic rings. The molecule has 0 aromatic heterocycles. The van der Waals surface area contributed by atoms with Crippen molar-refractivity contribution in [1.29, 1.82) is 0 Å². The molecule has 0 amide bonds. The molecule has 0 unspecified atom stereocenters. The Labute approximate surface area is 93.1 Å². The van der Waals surface area contributed by atoms with Gasteiger partial charge in [0, 0.05) is 4.47 Å².